The number of hydrogen-bond acceptors (Lipinski definition) is 6. The van der Waals surface area contributed by atoms with E-state index in [0.29, 0.717) is 24.1 Å². The number of H-pyrrole nitrogens is 1. The van der Waals surface area contributed by atoms with Crippen molar-refractivity contribution in [2.24, 2.45) is 0 Å². The third kappa shape index (κ3) is 4.25. The van der Waals surface area contributed by atoms with Gasteiger partial charge in [-0.2, -0.15) is 18.6 Å². The van der Waals surface area contributed by atoms with Crippen molar-refractivity contribution in [1.29, 1.82) is 0 Å². The molecule has 3 N–H and O–H groups in total. The minimum absolute atomic E-state index is 0. The Labute approximate surface area is 216 Å². The molecule has 1 fully saturated rings. The topological polar surface area (TPSA) is 98.8 Å². The van der Waals surface area contributed by atoms with E-state index in [1.54, 1.807) is 11.3 Å². The van der Waals surface area contributed by atoms with Crippen LogP contribution in [0.5, 0.6) is 0 Å². The van der Waals surface area contributed by atoms with Crippen LogP contribution in [-0.2, 0) is 12.1 Å². The lowest BCUT2D eigenvalue weighted by Crippen LogP contribution is -2.47. The number of aryl methyl sites for hydroxylation is 1. The van der Waals surface area contributed by atoms with Crippen LogP contribution in [0.1, 0.15) is 56.3 Å². The van der Waals surface area contributed by atoms with Gasteiger partial charge in [0, 0.05) is 17.5 Å². The molecule has 1 aliphatic carbocycles. The number of fused-ring (bicyclic) bond motifs is 2. The van der Waals surface area contributed by atoms with Gasteiger partial charge in [-0.15, -0.1) is 11.3 Å². The summed E-state index contributed by atoms with van der Waals surface area (Å²) in [6, 6.07) is 12.5. The van der Waals surface area contributed by atoms with E-state index in [9.17, 15) is 4.79 Å². The zero-order valence-corrected chi connectivity index (χ0v) is 21.0. The number of carbonyl (C=O) groups is 1. The largest absolute Gasteiger partial charge is 0.335 e. The van der Waals surface area contributed by atoms with Gasteiger partial charge < -0.3 is 15.5 Å². The first-order chi connectivity index (χ1) is 15.9. The second kappa shape index (κ2) is 9.16. The molecule has 0 saturated heterocycles. The molecule has 2 aliphatic rings. The lowest BCUT2D eigenvalue weighted by molar-refractivity contribution is 0.142. The monoisotopic (exact) mass is 509 g/mol. The number of nitrogens with one attached hydrogen (secondary N) is 3. The molecule has 8 nitrogen and oxygen atoms in total. The molecule has 0 bridgehead atoms. The maximum Gasteiger partial charge on any atom is 0.318 e. The Hall–Kier alpha value is -3.11. The Morgan fingerprint density at radius 2 is 1.94 bits per heavy atom. The number of thiophene rings is 1. The number of urea groups is 1. The van der Waals surface area contributed by atoms with Crippen molar-refractivity contribution in [3.63, 3.8) is 0 Å². The highest BCUT2D eigenvalue weighted by Gasteiger charge is 2.46. The second-order valence-electron chi connectivity index (χ2n) is 9.26. The molecule has 3 aromatic heterocycles. The van der Waals surface area contributed by atoms with Gasteiger partial charge in [0.15, 0.2) is 5.82 Å². The van der Waals surface area contributed by atoms with E-state index in [-0.39, 0.29) is 33.0 Å². The fraction of sp³-hybridized carbons (Fsp3) is 0.360. The molecule has 2 amide bonds. The van der Waals surface area contributed by atoms with E-state index in [1.165, 1.54) is 5.56 Å². The van der Waals surface area contributed by atoms with Crippen LogP contribution in [-0.4, -0.2) is 37.1 Å². The summed E-state index contributed by atoms with van der Waals surface area (Å²) in [6.07, 6.45) is 0.980. The summed E-state index contributed by atoms with van der Waals surface area (Å²) in [7, 11) is 0. The molecule has 0 radical (unpaired) electrons. The Morgan fingerprint density at radius 3 is 2.71 bits per heavy atom. The van der Waals surface area contributed by atoms with Crippen molar-refractivity contribution in [3.8, 4) is 0 Å². The highest BCUT2D eigenvalue weighted by Crippen LogP contribution is 2.44. The average Bonchev–Trinajstić information content (AvgIpc) is 3.09. The van der Waals surface area contributed by atoms with Crippen LogP contribution in [0.2, 0.25) is 0 Å². The van der Waals surface area contributed by atoms with Gasteiger partial charge in [0.1, 0.15) is 16.5 Å². The molecule has 184 valence electrons. The third-order valence-corrected chi connectivity index (χ3v) is 7.52. The van der Waals surface area contributed by atoms with Crippen molar-refractivity contribution in [1.82, 2.24) is 30.4 Å². The van der Waals surface area contributed by atoms with Crippen molar-refractivity contribution in [2.75, 3.05) is 5.32 Å². The number of aromatic nitrogens is 4. The molecular weight excluding hydrogens is 478 g/mol. The number of amides is 2. The highest BCUT2D eigenvalue weighted by atomic mass is 32.1. The van der Waals surface area contributed by atoms with Crippen LogP contribution in [0, 0.1) is 6.92 Å². The number of nitrogens with zero attached hydrogens (tertiary/aromatic N) is 4. The molecular formula is C25H31N7OS2. The first-order valence-corrected chi connectivity index (χ1v) is 12.0. The Balaban J connectivity index is 0.00000144. The standard InChI is InChI=1S/C24H25N7OS.CH4.H2S/c1-13-25-20(15-9-10-33-22(15)26-13)28-21-17-12-31(24(2,3)19(17)29-30-21)23(32)27-18-11-16(18)14-7-5-4-6-8-14;;/h4-10,16,18H,11-12H2,1-3H3,(H,27,32)(H2,25,26,28,29,30);1H4;1H2/t16-,18+;;/m1../s1. The lowest BCUT2D eigenvalue weighted by Gasteiger charge is -2.32. The van der Waals surface area contributed by atoms with Crippen LogP contribution >= 0.6 is 24.8 Å². The molecule has 2 atom stereocenters. The molecule has 0 unspecified atom stereocenters. The predicted octanol–water partition coefficient (Wildman–Crippen LogP) is 5.53. The zero-order valence-electron chi connectivity index (χ0n) is 19.2. The fourth-order valence-electron chi connectivity index (χ4n) is 4.77. The minimum Gasteiger partial charge on any atom is -0.335 e. The Morgan fingerprint density at radius 1 is 1.17 bits per heavy atom. The number of aromatic amines is 1. The maximum absolute atomic E-state index is 13.2. The van der Waals surface area contributed by atoms with Crippen molar-refractivity contribution in [2.45, 2.75) is 58.7 Å². The van der Waals surface area contributed by atoms with Gasteiger partial charge in [0.05, 0.1) is 23.2 Å². The molecule has 6 rings (SSSR count). The summed E-state index contributed by atoms with van der Waals surface area (Å²) in [5.41, 5.74) is 2.72. The molecule has 1 aliphatic heterocycles. The Kier molecular flexibility index (Phi) is 6.54. The molecule has 4 aromatic rings. The van der Waals surface area contributed by atoms with Crippen LogP contribution < -0.4 is 10.6 Å². The molecule has 1 aromatic carbocycles. The number of hydrogen-bond donors (Lipinski definition) is 3. The minimum atomic E-state index is -0.497. The molecule has 10 heteroatoms. The summed E-state index contributed by atoms with van der Waals surface area (Å²) in [5, 5.41) is 17.3. The van der Waals surface area contributed by atoms with Crippen LogP contribution in [0.15, 0.2) is 41.8 Å². The van der Waals surface area contributed by atoms with E-state index >= 15 is 0 Å². The Bertz CT molecular complexity index is 1360. The van der Waals surface area contributed by atoms with E-state index < -0.39 is 5.54 Å². The van der Waals surface area contributed by atoms with E-state index in [1.807, 2.05) is 55.3 Å². The second-order valence-corrected chi connectivity index (χ2v) is 10.2. The summed E-state index contributed by atoms with van der Waals surface area (Å²) in [4.78, 5) is 25.2. The molecule has 1 saturated carbocycles. The zero-order chi connectivity index (χ0) is 22.7. The predicted molar refractivity (Wildman–Crippen MR) is 146 cm³/mol. The quantitative estimate of drug-likeness (QED) is 0.336. The smallest absolute Gasteiger partial charge is 0.318 e. The molecule has 4 heterocycles. The summed E-state index contributed by atoms with van der Waals surface area (Å²) in [5.74, 6) is 2.54. The van der Waals surface area contributed by atoms with Crippen molar-refractivity contribution < 1.29 is 4.79 Å². The van der Waals surface area contributed by atoms with Crippen LogP contribution in [0.25, 0.3) is 10.2 Å². The summed E-state index contributed by atoms with van der Waals surface area (Å²) >= 11 is 1.59. The fourth-order valence-corrected chi connectivity index (χ4v) is 5.58. The normalized spacial score (nSPS) is 19.5. The summed E-state index contributed by atoms with van der Waals surface area (Å²) in [6.45, 7) is 6.46. The first kappa shape index (κ1) is 25.0. The van der Waals surface area contributed by atoms with Gasteiger partial charge in [0.25, 0.3) is 0 Å². The van der Waals surface area contributed by atoms with Gasteiger partial charge in [-0.05, 0) is 44.2 Å². The average molecular weight is 510 g/mol. The molecule has 35 heavy (non-hydrogen) atoms. The van der Waals surface area contributed by atoms with Crippen LogP contribution in [0.4, 0.5) is 16.4 Å². The third-order valence-electron chi connectivity index (χ3n) is 6.72. The van der Waals surface area contributed by atoms with E-state index in [0.717, 1.165) is 33.7 Å². The van der Waals surface area contributed by atoms with Crippen molar-refractivity contribution in [3.05, 3.63) is 64.4 Å². The van der Waals surface area contributed by atoms with Gasteiger partial charge in [0.2, 0.25) is 0 Å². The maximum atomic E-state index is 13.2. The van der Waals surface area contributed by atoms with Crippen molar-refractivity contribution >= 4 is 52.7 Å². The number of anilines is 2. The highest BCUT2D eigenvalue weighted by molar-refractivity contribution is 7.59. The summed E-state index contributed by atoms with van der Waals surface area (Å²) < 4.78 is 0. The van der Waals surface area contributed by atoms with Gasteiger partial charge >= 0.3 is 6.03 Å². The van der Waals surface area contributed by atoms with E-state index in [2.05, 4.69) is 42.9 Å². The molecule has 0 spiro atoms. The van der Waals surface area contributed by atoms with Crippen LogP contribution in [0.3, 0.4) is 0 Å². The van der Waals surface area contributed by atoms with E-state index in [4.69, 9.17) is 0 Å². The SMILES string of the molecule is C.Cc1nc(Nc2n[nH]c3c2CN(C(=O)N[C@H]2C[C@@H]2c2ccccc2)C3(C)C)c2ccsc2n1.S. The van der Waals surface area contributed by atoms with Gasteiger partial charge in [-0.1, -0.05) is 37.8 Å². The first-order valence-electron chi connectivity index (χ1n) is 11.1. The lowest BCUT2D eigenvalue weighted by atomic mass is 10.0. The van der Waals surface area contributed by atoms with Gasteiger partial charge in [-0.25, -0.2) is 14.8 Å². The number of benzene rings is 1. The number of carbonyl (C=O) groups excluding carboxylic acids is 1. The number of rotatable bonds is 4. The van der Waals surface area contributed by atoms with Gasteiger partial charge in [-0.3, -0.25) is 5.10 Å².